The molecule has 2 atom stereocenters. The van der Waals surface area contributed by atoms with Crippen LogP contribution >= 0.6 is 11.8 Å². The predicted octanol–water partition coefficient (Wildman–Crippen LogP) is 2.95. The van der Waals surface area contributed by atoms with Crippen LogP contribution in [0.2, 0.25) is 0 Å². The van der Waals surface area contributed by atoms with E-state index in [1.807, 2.05) is 11.8 Å². The first-order valence-electron chi connectivity index (χ1n) is 6.75. The summed E-state index contributed by atoms with van der Waals surface area (Å²) in [6.45, 7) is 2.16. The minimum absolute atomic E-state index is 0.304. The first-order chi connectivity index (χ1) is 7.74. The van der Waals surface area contributed by atoms with Gasteiger partial charge in [0.05, 0.1) is 11.7 Å². The Morgan fingerprint density at radius 3 is 2.81 bits per heavy atom. The molecule has 0 radical (unpaired) electrons. The lowest BCUT2D eigenvalue weighted by molar-refractivity contribution is -0.0267. The van der Waals surface area contributed by atoms with Crippen LogP contribution in [-0.4, -0.2) is 29.3 Å². The van der Waals surface area contributed by atoms with Crippen molar-refractivity contribution in [3.05, 3.63) is 0 Å². The summed E-state index contributed by atoms with van der Waals surface area (Å²) >= 11 is 1.98. The molecule has 0 aromatic rings. The smallest absolute Gasteiger partial charge is 0.0687 e. The van der Waals surface area contributed by atoms with E-state index in [1.54, 1.807) is 0 Å². The van der Waals surface area contributed by atoms with Crippen molar-refractivity contribution >= 4 is 11.8 Å². The number of hydrogen-bond acceptors (Lipinski definition) is 3. The van der Waals surface area contributed by atoms with Crippen LogP contribution in [0.1, 0.15) is 51.9 Å². The highest BCUT2D eigenvalue weighted by Gasteiger charge is 2.41. The molecule has 0 aromatic carbocycles. The van der Waals surface area contributed by atoms with E-state index < -0.39 is 0 Å². The zero-order valence-corrected chi connectivity index (χ0v) is 11.2. The van der Waals surface area contributed by atoms with Gasteiger partial charge in [-0.25, -0.2) is 0 Å². The van der Waals surface area contributed by atoms with Gasteiger partial charge in [0.25, 0.3) is 0 Å². The van der Waals surface area contributed by atoms with Gasteiger partial charge in [-0.1, -0.05) is 19.8 Å². The van der Waals surface area contributed by atoms with Gasteiger partial charge in [-0.15, -0.1) is 0 Å². The van der Waals surface area contributed by atoms with Gasteiger partial charge >= 0.3 is 0 Å². The van der Waals surface area contributed by atoms with Crippen molar-refractivity contribution in [3.63, 3.8) is 0 Å². The molecule has 0 bridgehead atoms. The largest absolute Gasteiger partial charge is 0.371 e. The normalized spacial score (nSPS) is 30.0. The summed E-state index contributed by atoms with van der Waals surface area (Å²) < 4.78 is 6.26. The molecule has 1 aliphatic carbocycles. The highest BCUT2D eigenvalue weighted by Crippen LogP contribution is 2.43. The van der Waals surface area contributed by atoms with Crippen LogP contribution in [0.4, 0.5) is 0 Å². The van der Waals surface area contributed by atoms with Crippen molar-refractivity contribution in [2.24, 2.45) is 5.73 Å². The van der Waals surface area contributed by atoms with Crippen LogP contribution in [0, 0.1) is 0 Å². The van der Waals surface area contributed by atoms with Crippen LogP contribution in [0.25, 0.3) is 0 Å². The molecule has 0 amide bonds. The Hall–Kier alpha value is 0.270. The van der Waals surface area contributed by atoms with E-state index in [-0.39, 0.29) is 0 Å². The van der Waals surface area contributed by atoms with Crippen molar-refractivity contribution in [2.45, 2.75) is 69.6 Å². The molecule has 1 heterocycles. The molecule has 1 spiro atoms. The molecule has 2 nitrogen and oxygen atoms in total. The molecule has 94 valence electrons. The summed E-state index contributed by atoms with van der Waals surface area (Å²) in [6.07, 6.45) is 9.54. The van der Waals surface area contributed by atoms with Gasteiger partial charge in [-0.2, -0.15) is 11.8 Å². The molecule has 3 heteroatoms. The first-order valence-corrected chi connectivity index (χ1v) is 7.91. The maximum atomic E-state index is 6.26. The molecule has 2 rings (SSSR count). The Balaban J connectivity index is 1.65. The molecule has 2 N–H and O–H groups in total. The summed E-state index contributed by atoms with van der Waals surface area (Å²) in [4.78, 5) is 0. The minimum atomic E-state index is 0.304. The molecule has 2 unspecified atom stereocenters. The number of nitrogens with two attached hydrogens (primary N) is 1. The lowest BCUT2D eigenvalue weighted by Crippen LogP contribution is -2.26. The van der Waals surface area contributed by atoms with Crippen LogP contribution in [-0.2, 0) is 4.74 Å². The van der Waals surface area contributed by atoms with Gasteiger partial charge in [0, 0.05) is 17.5 Å². The molecular weight excluding hydrogens is 218 g/mol. The molecule has 16 heavy (non-hydrogen) atoms. The Bertz CT molecular complexity index is 216. The van der Waals surface area contributed by atoms with Crippen LogP contribution in [0.15, 0.2) is 0 Å². The fraction of sp³-hybridized carbons (Fsp3) is 1.00. The average molecular weight is 243 g/mol. The predicted molar refractivity (Wildman–Crippen MR) is 70.9 cm³/mol. The van der Waals surface area contributed by atoms with Crippen molar-refractivity contribution in [2.75, 3.05) is 11.5 Å². The second-order valence-corrected chi connectivity index (χ2v) is 6.45. The second kappa shape index (κ2) is 5.74. The zero-order valence-electron chi connectivity index (χ0n) is 10.4. The lowest BCUT2D eigenvalue weighted by atomic mass is 9.98. The SMILES string of the molecule is CCC(N)CSCC1CCC2(CCCC2)O1. The molecule has 0 aromatic heterocycles. The maximum Gasteiger partial charge on any atom is 0.0687 e. The van der Waals surface area contributed by atoms with E-state index in [0.717, 1.165) is 17.9 Å². The Morgan fingerprint density at radius 2 is 2.12 bits per heavy atom. The van der Waals surface area contributed by atoms with Crippen molar-refractivity contribution < 1.29 is 4.74 Å². The minimum Gasteiger partial charge on any atom is -0.371 e. The average Bonchev–Trinajstić information content (AvgIpc) is 2.90. The van der Waals surface area contributed by atoms with Crippen LogP contribution in [0.3, 0.4) is 0 Å². The van der Waals surface area contributed by atoms with Gasteiger partial charge in [-0.05, 0) is 32.1 Å². The van der Waals surface area contributed by atoms with Crippen molar-refractivity contribution in [3.8, 4) is 0 Å². The van der Waals surface area contributed by atoms with E-state index in [4.69, 9.17) is 10.5 Å². The van der Waals surface area contributed by atoms with Crippen molar-refractivity contribution in [1.82, 2.24) is 0 Å². The Morgan fingerprint density at radius 1 is 1.38 bits per heavy atom. The standard InChI is InChI=1S/C13H25NOS/c1-2-11(14)9-16-10-12-5-8-13(15-12)6-3-4-7-13/h11-12H,2-10,14H2,1H3. The van der Waals surface area contributed by atoms with Crippen LogP contribution < -0.4 is 5.73 Å². The third-order valence-electron chi connectivity index (χ3n) is 4.01. The number of ether oxygens (including phenoxy) is 1. The van der Waals surface area contributed by atoms with E-state index in [9.17, 15) is 0 Å². The first kappa shape index (κ1) is 12.7. The summed E-state index contributed by atoms with van der Waals surface area (Å²) in [6, 6.07) is 0.367. The molecular formula is C13H25NOS. The Kier molecular flexibility index (Phi) is 4.57. The molecule has 1 aliphatic heterocycles. The summed E-state index contributed by atoms with van der Waals surface area (Å²) in [5.41, 5.74) is 6.22. The molecule has 1 saturated heterocycles. The van der Waals surface area contributed by atoms with Gasteiger partial charge in [0.2, 0.25) is 0 Å². The van der Waals surface area contributed by atoms with E-state index >= 15 is 0 Å². The fourth-order valence-electron chi connectivity index (χ4n) is 2.87. The van der Waals surface area contributed by atoms with Crippen molar-refractivity contribution in [1.29, 1.82) is 0 Å². The monoisotopic (exact) mass is 243 g/mol. The zero-order chi connectivity index (χ0) is 11.4. The van der Waals surface area contributed by atoms with Crippen LogP contribution in [0.5, 0.6) is 0 Å². The molecule has 2 aliphatic rings. The quantitative estimate of drug-likeness (QED) is 0.806. The highest BCUT2D eigenvalue weighted by molar-refractivity contribution is 7.99. The second-order valence-electron chi connectivity index (χ2n) is 5.37. The van der Waals surface area contributed by atoms with Gasteiger partial charge in [0.15, 0.2) is 0 Å². The van der Waals surface area contributed by atoms with E-state index in [2.05, 4.69) is 6.92 Å². The fourth-order valence-corrected chi connectivity index (χ4v) is 4.04. The lowest BCUT2D eigenvalue weighted by Gasteiger charge is -2.23. The number of thioether (sulfide) groups is 1. The topological polar surface area (TPSA) is 35.2 Å². The summed E-state index contributed by atoms with van der Waals surface area (Å²) in [5.74, 6) is 2.23. The number of hydrogen-bond donors (Lipinski definition) is 1. The third kappa shape index (κ3) is 3.14. The molecule has 2 fully saturated rings. The Labute approximate surface area is 104 Å². The van der Waals surface area contributed by atoms with E-state index in [1.165, 1.54) is 38.5 Å². The summed E-state index contributed by atoms with van der Waals surface area (Å²) in [5, 5.41) is 0. The maximum absolute atomic E-state index is 6.26. The highest BCUT2D eigenvalue weighted by atomic mass is 32.2. The van der Waals surface area contributed by atoms with Gasteiger partial charge in [0.1, 0.15) is 0 Å². The summed E-state index contributed by atoms with van der Waals surface area (Å²) in [7, 11) is 0. The van der Waals surface area contributed by atoms with Gasteiger partial charge in [-0.3, -0.25) is 0 Å². The number of rotatable bonds is 5. The third-order valence-corrected chi connectivity index (χ3v) is 5.28. The molecule has 1 saturated carbocycles. The van der Waals surface area contributed by atoms with E-state index in [0.29, 0.717) is 17.7 Å². The van der Waals surface area contributed by atoms with Gasteiger partial charge < -0.3 is 10.5 Å².